The number of hydrogen-bond donors (Lipinski definition) is 1. The predicted octanol–water partition coefficient (Wildman–Crippen LogP) is 2.27. The molecule has 18 heavy (non-hydrogen) atoms. The van der Waals surface area contributed by atoms with Crippen molar-refractivity contribution in [2.45, 2.75) is 57.5 Å². The molecule has 3 unspecified atom stereocenters. The Morgan fingerprint density at radius 3 is 2.89 bits per heavy atom. The molecule has 3 heteroatoms. The molecule has 1 aliphatic heterocycles. The summed E-state index contributed by atoms with van der Waals surface area (Å²) < 4.78 is 5.58. The second kappa shape index (κ2) is 7.46. The molecule has 1 N–H and O–H groups in total. The smallest absolute Gasteiger partial charge is 0.0506 e. The van der Waals surface area contributed by atoms with Crippen molar-refractivity contribution in [3.63, 3.8) is 0 Å². The first kappa shape index (κ1) is 14.3. The summed E-state index contributed by atoms with van der Waals surface area (Å²) in [5, 5.41) is 3.67. The van der Waals surface area contributed by atoms with E-state index in [1.807, 2.05) is 0 Å². The van der Waals surface area contributed by atoms with Crippen LogP contribution in [0.15, 0.2) is 0 Å². The van der Waals surface area contributed by atoms with Gasteiger partial charge in [-0.1, -0.05) is 6.92 Å². The van der Waals surface area contributed by atoms with Crippen LogP contribution in [0.5, 0.6) is 0 Å². The Balaban J connectivity index is 1.67. The average molecular weight is 254 g/mol. The van der Waals surface area contributed by atoms with E-state index < -0.39 is 0 Å². The molecule has 2 rings (SSSR count). The fourth-order valence-electron chi connectivity index (χ4n) is 3.40. The number of rotatable bonds is 6. The topological polar surface area (TPSA) is 24.5 Å². The van der Waals surface area contributed by atoms with Gasteiger partial charge in [-0.15, -0.1) is 0 Å². The van der Waals surface area contributed by atoms with Gasteiger partial charge in [0.15, 0.2) is 0 Å². The van der Waals surface area contributed by atoms with E-state index in [9.17, 15) is 0 Å². The van der Waals surface area contributed by atoms with E-state index in [1.54, 1.807) is 0 Å². The van der Waals surface area contributed by atoms with Crippen LogP contribution in [0.1, 0.15) is 45.4 Å². The van der Waals surface area contributed by atoms with Gasteiger partial charge in [0.25, 0.3) is 0 Å². The summed E-state index contributed by atoms with van der Waals surface area (Å²) in [5.41, 5.74) is 0. The van der Waals surface area contributed by atoms with Crippen LogP contribution in [-0.2, 0) is 4.74 Å². The van der Waals surface area contributed by atoms with E-state index in [2.05, 4.69) is 24.2 Å². The molecule has 0 aromatic rings. The van der Waals surface area contributed by atoms with E-state index in [-0.39, 0.29) is 0 Å². The zero-order valence-corrected chi connectivity index (χ0v) is 12.2. The highest BCUT2D eigenvalue weighted by Crippen LogP contribution is 2.25. The first-order valence-electron chi connectivity index (χ1n) is 7.81. The molecule has 1 heterocycles. The number of ether oxygens (including phenoxy) is 1. The number of nitrogens with zero attached hydrogens (tertiary/aromatic N) is 1. The highest BCUT2D eigenvalue weighted by atomic mass is 16.5. The minimum Gasteiger partial charge on any atom is -0.381 e. The quantitative estimate of drug-likeness (QED) is 0.787. The molecule has 3 atom stereocenters. The first-order chi connectivity index (χ1) is 8.79. The van der Waals surface area contributed by atoms with Gasteiger partial charge in [-0.3, -0.25) is 0 Å². The van der Waals surface area contributed by atoms with Crippen LogP contribution in [0.4, 0.5) is 0 Å². The number of nitrogens with one attached hydrogen (secondary N) is 1. The van der Waals surface area contributed by atoms with Crippen LogP contribution in [0, 0.1) is 5.92 Å². The van der Waals surface area contributed by atoms with Crippen molar-refractivity contribution >= 4 is 0 Å². The fraction of sp³-hybridized carbons (Fsp3) is 1.00. The Morgan fingerprint density at radius 1 is 1.28 bits per heavy atom. The molecule has 2 fully saturated rings. The number of hydrogen-bond acceptors (Lipinski definition) is 3. The normalized spacial score (nSPS) is 33.2. The Bertz CT molecular complexity index is 229. The standard InChI is InChI=1S/C15H30N2O/c1-3-8-16-14-6-7-15(10-14)17(2)11-13-5-4-9-18-12-13/h13-16H,3-12H2,1-2H3. The molecule has 3 nitrogen and oxygen atoms in total. The van der Waals surface area contributed by atoms with Crippen LogP contribution < -0.4 is 5.32 Å². The molecular formula is C15H30N2O. The lowest BCUT2D eigenvalue weighted by Crippen LogP contribution is -2.38. The van der Waals surface area contributed by atoms with Gasteiger partial charge in [0.05, 0.1) is 6.61 Å². The summed E-state index contributed by atoms with van der Waals surface area (Å²) in [6.45, 7) is 6.61. The van der Waals surface area contributed by atoms with E-state index in [1.165, 1.54) is 51.6 Å². The van der Waals surface area contributed by atoms with Crippen LogP contribution >= 0.6 is 0 Å². The van der Waals surface area contributed by atoms with E-state index in [0.29, 0.717) is 0 Å². The summed E-state index contributed by atoms with van der Waals surface area (Å²) in [4.78, 5) is 2.59. The molecule has 0 radical (unpaired) electrons. The highest BCUT2D eigenvalue weighted by molar-refractivity contribution is 4.86. The monoisotopic (exact) mass is 254 g/mol. The second-order valence-electron chi connectivity index (χ2n) is 6.14. The summed E-state index contributed by atoms with van der Waals surface area (Å²) in [7, 11) is 2.31. The Labute approximate surface area is 112 Å². The summed E-state index contributed by atoms with van der Waals surface area (Å²) in [6.07, 6.45) is 7.92. The molecule has 106 valence electrons. The van der Waals surface area contributed by atoms with Crippen molar-refractivity contribution in [2.75, 3.05) is 33.4 Å². The Morgan fingerprint density at radius 2 is 2.17 bits per heavy atom. The maximum absolute atomic E-state index is 5.58. The lowest BCUT2D eigenvalue weighted by Gasteiger charge is -2.31. The molecule has 0 aromatic heterocycles. The van der Waals surface area contributed by atoms with Gasteiger partial charge in [-0.05, 0) is 58.0 Å². The van der Waals surface area contributed by atoms with Crippen molar-refractivity contribution in [3.8, 4) is 0 Å². The molecule has 0 spiro atoms. The summed E-state index contributed by atoms with van der Waals surface area (Å²) in [5.74, 6) is 0.770. The summed E-state index contributed by atoms with van der Waals surface area (Å²) >= 11 is 0. The van der Waals surface area contributed by atoms with Crippen molar-refractivity contribution < 1.29 is 4.74 Å². The van der Waals surface area contributed by atoms with Gasteiger partial charge < -0.3 is 15.0 Å². The van der Waals surface area contributed by atoms with Gasteiger partial charge in [0, 0.05) is 25.2 Å². The first-order valence-corrected chi connectivity index (χ1v) is 7.81. The predicted molar refractivity (Wildman–Crippen MR) is 75.9 cm³/mol. The maximum Gasteiger partial charge on any atom is 0.0506 e. The highest BCUT2D eigenvalue weighted by Gasteiger charge is 2.28. The molecule has 0 bridgehead atoms. The third kappa shape index (κ3) is 4.22. The molecule has 1 saturated carbocycles. The third-order valence-corrected chi connectivity index (χ3v) is 4.51. The largest absolute Gasteiger partial charge is 0.381 e. The van der Waals surface area contributed by atoms with E-state index >= 15 is 0 Å². The zero-order chi connectivity index (χ0) is 12.8. The minimum atomic E-state index is 0.764. The molecule has 1 saturated heterocycles. The lowest BCUT2D eigenvalue weighted by atomic mass is 10.0. The molecule has 1 aliphatic carbocycles. The van der Waals surface area contributed by atoms with Gasteiger partial charge >= 0.3 is 0 Å². The molecule has 0 aromatic carbocycles. The summed E-state index contributed by atoms with van der Waals surface area (Å²) in [6, 6.07) is 1.56. The van der Waals surface area contributed by atoms with Crippen molar-refractivity contribution in [1.82, 2.24) is 10.2 Å². The lowest BCUT2D eigenvalue weighted by molar-refractivity contribution is 0.0364. The van der Waals surface area contributed by atoms with Crippen molar-refractivity contribution in [3.05, 3.63) is 0 Å². The van der Waals surface area contributed by atoms with Crippen LogP contribution in [0.3, 0.4) is 0 Å². The van der Waals surface area contributed by atoms with Gasteiger partial charge in [-0.2, -0.15) is 0 Å². The fourth-order valence-corrected chi connectivity index (χ4v) is 3.40. The molecular weight excluding hydrogens is 224 g/mol. The average Bonchev–Trinajstić information content (AvgIpc) is 2.86. The molecule has 2 aliphatic rings. The maximum atomic E-state index is 5.58. The second-order valence-corrected chi connectivity index (χ2v) is 6.14. The minimum absolute atomic E-state index is 0.764. The third-order valence-electron chi connectivity index (χ3n) is 4.51. The van der Waals surface area contributed by atoms with Crippen LogP contribution in [-0.4, -0.2) is 50.3 Å². The SMILES string of the molecule is CCCNC1CCC(N(C)CC2CCCOC2)C1. The van der Waals surface area contributed by atoms with Gasteiger partial charge in [-0.25, -0.2) is 0 Å². The Hall–Kier alpha value is -0.120. The van der Waals surface area contributed by atoms with E-state index in [0.717, 1.165) is 31.2 Å². The van der Waals surface area contributed by atoms with Crippen molar-refractivity contribution in [1.29, 1.82) is 0 Å². The van der Waals surface area contributed by atoms with Gasteiger partial charge in [0.1, 0.15) is 0 Å². The molecule has 0 amide bonds. The van der Waals surface area contributed by atoms with Crippen molar-refractivity contribution in [2.24, 2.45) is 5.92 Å². The van der Waals surface area contributed by atoms with Gasteiger partial charge in [0.2, 0.25) is 0 Å². The van der Waals surface area contributed by atoms with Crippen LogP contribution in [0.25, 0.3) is 0 Å². The van der Waals surface area contributed by atoms with E-state index in [4.69, 9.17) is 4.74 Å². The zero-order valence-electron chi connectivity index (χ0n) is 12.2. The Kier molecular flexibility index (Phi) is 5.93. The van der Waals surface area contributed by atoms with Crippen LogP contribution in [0.2, 0.25) is 0 Å².